The smallest absolute Gasteiger partial charge is 0.433 e. The van der Waals surface area contributed by atoms with Gasteiger partial charge in [0.25, 0.3) is 0 Å². The van der Waals surface area contributed by atoms with Gasteiger partial charge >= 0.3 is 6.18 Å². The molecule has 166 valence electrons. The zero-order chi connectivity index (χ0) is 22.3. The van der Waals surface area contributed by atoms with Gasteiger partial charge in [0.15, 0.2) is 5.82 Å². The zero-order valence-corrected chi connectivity index (χ0v) is 17.3. The molecule has 1 aliphatic heterocycles. The molecule has 3 heterocycles. The molecule has 8 nitrogen and oxygen atoms in total. The molecule has 4 rings (SSSR count). The van der Waals surface area contributed by atoms with Crippen LogP contribution in [0.3, 0.4) is 0 Å². The van der Waals surface area contributed by atoms with Crippen LogP contribution in [0.15, 0.2) is 18.3 Å². The first-order chi connectivity index (χ1) is 14.6. The Kier molecular flexibility index (Phi) is 5.36. The van der Waals surface area contributed by atoms with Crippen molar-refractivity contribution in [2.24, 2.45) is 5.92 Å². The SMILES string of the molecule is Cc1nc(N[C@H]2C[C@@H](COc3ccc(C(F)(F)F)nc3)C2)nc2c1NC(=O)[C@H](C)N2C. The third-order valence-corrected chi connectivity index (χ3v) is 5.69. The van der Waals surface area contributed by atoms with E-state index in [-0.39, 0.29) is 23.9 Å². The van der Waals surface area contributed by atoms with Crippen molar-refractivity contribution < 1.29 is 22.7 Å². The third-order valence-electron chi connectivity index (χ3n) is 5.69. The van der Waals surface area contributed by atoms with Gasteiger partial charge in [-0.3, -0.25) is 4.79 Å². The molecule has 0 spiro atoms. The lowest BCUT2D eigenvalue weighted by atomic mass is 9.81. The van der Waals surface area contributed by atoms with Crippen molar-refractivity contribution in [2.75, 3.05) is 29.2 Å². The number of anilines is 3. The van der Waals surface area contributed by atoms with Gasteiger partial charge < -0.3 is 20.3 Å². The molecule has 1 aliphatic carbocycles. The maximum atomic E-state index is 12.6. The number of hydrogen-bond acceptors (Lipinski definition) is 7. The van der Waals surface area contributed by atoms with Crippen LogP contribution in [-0.4, -0.2) is 46.6 Å². The summed E-state index contributed by atoms with van der Waals surface area (Å²) in [7, 11) is 1.82. The van der Waals surface area contributed by atoms with Crippen LogP contribution >= 0.6 is 0 Å². The van der Waals surface area contributed by atoms with E-state index in [0.717, 1.165) is 25.1 Å². The molecule has 31 heavy (non-hydrogen) atoms. The largest absolute Gasteiger partial charge is 0.492 e. The number of pyridine rings is 1. The predicted molar refractivity (Wildman–Crippen MR) is 108 cm³/mol. The van der Waals surface area contributed by atoms with E-state index in [4.69, 9.17) is 4.74 Å². The quantitative estimate of drug-likeness (QED) is 0.743. The topological polar surface area (TPSA) is 92.3 Å². The van der Waals surface area contributed by atoms with E-state index in [1.807, 2.05) is 25.8 Å². The molecule has 1 amide bonds. The third kappa shape index (κ3) is 4.35. The number of carbonyl (C=O) groups is 1. The summed E-state index contributed by atoms with van der Waals surface area (Å²) in [5.74, 6) is 1.68. The van der Waals surface area contributed by atoms with E-state index in [0.29, 0.717) is 35.5 Å². The fraction of sp³-hybridized carbons (Fsp3) is 0.500. The molecule has 1 fully saturated rings. The van der Waals surface area contributed by atoms with Crippen LogP contribution in [0.4, 0.5) is 30.6 Å². The highest BCUT2D eigenvalue weighted by Gasteiger charge is 2.34. The second kappa shape index (κ2) is 7.86. The van der Waals surface area contributed by atoms with Crippen LogP contribution in [0.1, 0.15) is 31.2 Å². The van der Waals surface area contributed by atoms with Crippen molar-refractivity contribution in [1.29, 1.82) is 0 Å². The van der Waals surface area contributed by atoms with Crippen molar-refractivity contribution in [3.05, 3.63) is 29.7 Å². The lowest BCUT2D eigenvalue weighted by Gasteiger charge is -2.36. The molecule has 1 saturated carbocycles. The Balaban J connectivity index is 1.30. The van der Waals surface area contributed by atoms with Crippen molar-refractivity contribution in [3.8, 4) is 5.75 Å². The number of aromatic nitrogens is 3. The molecule has 11 heteroatoms. The predicted octanol–water partition coefficient (Wildman–Crippen LogP) is 3.25. The average molecular weight is 436 g/mol. The Bertz CT molecular complexity index is 976. The molecule has 1 atom stereocenters. The molecular formula is C20H23F3N6O2. The second-order valence-corrected chi connectivity index (χ2v) is 7.97. The molecule has 2 N–H and O–H groups in total. The number of ether oxygens (including phenoxy) is 1. The Morgan fingerprint density at radius 3 is 2.68 bits per heavy atom. The molecule has 2 aliphatic rings. The van der Waals surface area contributed by atoms with E-state index in [2.05, 4.69) is 25.6 Å². The molecule has 0 bridgehead atoms. The Labute approximate surface area is 177 Å². The van der Waals surface area contributed by atoms with Gasteiger partial charge in [-0.25, -0.2) is 9.97 Å². The molecule has 2 aromatic rings. The number of rotatable bonds is 5. The van der Waals surface area contributed by atoms with Crippen LogP contribution in [0, 0.1) is 12.8 Å². The van der Waals surface area contributed by atoms with Crippen LogP contribution in [-0.2, 0) is 11.0 Å². The van der Waals surface area contributed by atoms with Crippen LogP contribution in [0.5, 0.6) is 5.75 Å². The van der Waals surface area contributed by atoms with E-state index in [1.165, 1.54) is 6.07 Å². The van der Waals surface area contributed by atoms with Crippen molar-refractivity contribution >= 4 is 23.4 Å². The van der Waals surface area contributed by atoms with Crippen LogP contribution in [0.25, 0.3) is 0 Å². The number of nitrogens with zero attached hydrogens (tertiary/aromatic N) is 4. The van der Waals surface area contributed by atoms with Gasteiger partial charge in [0, 0.05) is 13.1 Å². The minimum atomic E-state index is -4.46. The maximum absolute atomic E-state index is 12.6. The Morgan fingerprint density at radius 1 is 1.29 bits per heavy atom. The number of hydrogen-bond donors (Lipinski definition) is 2. The van der Waals surface area contributed by atoms with E-state index >= 15 is 0 Å². The van der Waals surface area contributed by atoms with Gasteiger partial charge in [0.05, 0.1) is 18.5 Å². The van der Waals surface area contributed by atoms with E-state index in [1.54, 1.807) is 0 Å². The van der Waals surface area contributed by atoms with Gasteiger partial charge in [-0.05, 0) is 44.7 Å². The molecule has 0 saturated heterocycles. The standard InChI is InChI=1S/C20H23F3N6O2/c1-10-16-17(29(3)11(2)18(30)27-16)28-19(25-10)26-13-6-12(7-13)9-31-14-4-5-15(24-8-14)20(21,22)23/h4-5,8,11-13H,6-7,9H2,1-3H3,(H,27,30)(H,25,26,28)/t11-,12-,13+/m0/s1. The summed E-state index contributed by atoms with van der Waals surface area (Å²) in [5.41, 5.74) is 0.377. The number of fused-ring (bicyclic) bond motifs is 1. The monoisotopic (exact) mass is 436 g/mol. The van der Waals surface area contributed by atoms with Gasteiger partial charge in [0.1, 0.15) is 23.2 Å². The van der Waals surface area contributed by atoms with Gasteiger partial charge in [-0.1, -0.05) is 0 Å². The first-order valence-corrected chi connectivity index (χ1v) is 9.96. The van der Waals surface area contributed by atoms with Crippen molar-refractivity contribution in [2.45, 2.75) is 44.9 Å². The normalized spacial score (nSPS) is 23.0. The minimum Gasteiger partial charge on any atom is -0.492 e. The molecule has 2 aromatic heterocycles. The van der Waals surface area contributed by atoms with Crippen molar-refractivity contribution in [1.82, 2.24) is 15.0 Å². The second-order valence-electron chi connectivity index (χ2n) is 7.97. The average Bonchev–Trinajstić information content (AvgIpc) is 2.68. The van der Waals surface area contributed by atoms with E-state index in [9.17, 15) is 18.0 Å². The lowest BCUT2D eigenvalue weighted by molar-refractivity contribution is -0.141. The van der Waals surface area contributed by atoms with Crippen LogP contribution in [0.2, 0.25) is 0 Å². The lowest BCUT2D eigenvalue weighted by Crippen LogP contribution is -2.45. The van der Waals surface area contributed by atoms with Crippen molar-refractivity contribution in [3.63, 3.8) is 0 Å². The zero-order valence-electron chi connectivity index (χ0n) is 17.3. The highest BCUT2D eigenvalue weighted by Crippen LogP contribution is 2.35. The summed E-state index contributed by atoms with van der Waals surface area (Å²) in [6.07, 6.45) is -1.70. The summed E-state index contributed by atoms with van der Waals surface area (Å²) in [6, 6.07) is 2.05. The van der Waals surface area contributed by atoms with Crippen LogP contribution < -0.4 is 20.3 Å². The fourth-order valence-electron chi connectivity index (χ4n) is 3.63. The first kappa shape index (κ1) is 21.1. The summed E-state index contributed by atoms with van der Waals surface area (Å²) >= 11 is 0. The molecular weight excluding hydrogens is 413 g/mol. The Hall–Kier alpha value is -3.11. The van der Waals surface area contributed by atoms with Gasteiger partial charge in [-0.2, -0.15) is 18.2 Å². The fourth-order valence-corrected chi connectivity index (χ4v) is 3.63. The minimum absolute atomic E-state index is 0.0903. The summed E-state index contributed by atoms with van der Waals surface area (Å²) in [4.78, 5) is 26.2. The number of nitrogens with one attached hydrogen (secondary N) is 2. The summed E-state index contributed by atoms with van der Waals surface area (Å²) < 4.78 is 43.2. The van der Waals surface area contributed by atoms with Gasteiger partial charge in [0.2, 0.25) is 11.9 Å². The highest BCUT2D eigenvalue weighted by molar-refractivity contribution is 6.03. The maximum Gasteiger partial charge on any atom is 0.433 e. The number of halogens is 3. The number of carbonyl (C=O) groups excluding carboxylic acids is 1. The summed E-state index contributed by atoms with van der Waals surface area (Å²) in [5, 5.41) is 6.16. The van der Waals surface area contributed by atoms with Gasteiger partial charge in [-0.15, -0.1) is 0 Å². The number of likely N-dealkylation sites (N-methyl/N-ethyl adjacent to an activating group) is 1. The molecule has 0 aromatic carbocycles. The molecule has 0 unspecified atom stereocenters. The summed E-state index contributed by atoms with van der Waals surface area (Å²) in [6.45, 7) is 4.04. The van der Waals surface area contributed by atoms with E-state index < -0.39 is 11.9 Å². The Morgan fingerprint density at radius 2 is 2.03 bits per heavy atom. The number of amides is 1. The number of aryl methyl sites for hydroxylation is 1. The number of alkyl halides is 3. The highest BCUT2D eigenvalue weighted by atomic mass is 19.4. The molecule has 0 radical (unpaired) electrons. The first-order valence-electron chi connectivity index (χ1n) is 9.96.